The van der Waals surface area contributed by atoms with Crippen molar-refractivity contribution in [3.63, 3.8) is 0 Å². The van der Waals surface area contributed by atoms with Crippen molar-refractivity contribution in [3.05, 3.63) is 35.9 Å². The second-order valence-corrected chi connectivity index (χ2v) is 5.99. The predicted molar refractivity (Wildman–Crippen MR) is 81.1 cm³/mol. The van der Waals surface area contributed by atoms with Crippen LogP contribution in [0.5, 0.6) is 0 Å². The van der Waals surface area contributed by atoms with E-state index < -0.39 is 11.5 Å². The maximum absolute atomic E-state index is 12.1. The van der Waals surface area contributed by atoms with Crippen molar-refractivity contribution in [1.82, 2.24) is 5.32 Å². The highest BCUT2D eigenvalue weighted by atomic mass is 16.4. The Bertz CT molecular complexity index is 492. The van der Waals surface area contributed by atoms with Crippen molar-refractivity contribution in [3.8, 4) is 0 Å². The molecular formula is C17H23NO3. The lowest BCUT2D eigenvalue weighted by Crippen LogP contribution is -2.52. The number of nitrogens with one attached hydrogen (secondary N) is 1. The third-order valence-corrected chi connectivity index (χ3v) is 4.42. The Hall–Kier alpha value is -1.84. The summed E-state index contributed by atoms with van der Waals surface area (Å²) in [6, 6.07) is 10.1. The summed E-state index contributed by atoms with van der Waals surface area (Å²) in [5.41, 5.74) is 0.187. The van der Waals surface area contributed by atoms with Gasteiger partial charge in [0.05, 0.1) is 0 Å². The molecule has 4 heteroatoms. The van der Waals surface area contributed by atoms with Crippen molar-refractivity contribution in [2.75, 3.05) is 0 Å². The molecule has 0 bridgehead atoms. The molecule has 21 heavy (non-hydrogen) atoms. The Morgan fingerprint density at radius 1 is 1.24 bits per heavy atom. The molecule has 2 rings (SSSR count). The van der Waals surface area contributed by atoms with Crippen molar-refractivity contribution in [1.29, 1.82) is 0 Å². The molecule has 0 spiro atoms. The lowest BCUT2D eigenvalue weighted by Gasteiger charge is -2.25. The molecule has 0 aromatic heterocycles. The molecule has 0 heterocycles. The van der Waals surface area contributed by atoms with Gasteiger partial charge in [0.25, 0.3) is 0 Å². The zero-order valence-corrected chi connectivity index (χ0v) is 12.5. The maximum atomic E-state index is 12.1. The van der Waals surface area contributed by atoms with Gasteiger partial charge >= 0.3 is 5.97 Å². The molecule has 1 aliphatic rings. The summed E-state index contributed by atoms with van der Waals surface area (Å²) < 4.78 is 0. The molecular weight excluding hydrogens is 266 g/mol. The lowest BCUT2D eigenvalue weighted by atomic mass is 9.94. The van der Waals surface area contributed by atoms with Crippen LogP contribution >= 0.6 is 0 Å². The predicted octanol–water partition coefficient (Wildman–Crippen LogP) is 3.08. The van der Waals surface area contributed by atoms with Gasteiger partial charge in [0, 0.05) is 6.42 Å². The number of aliphatic carboxylic acids is 1. The van der Waals surface area contributed by atoms with Crippen molar-refractivity contribution in [2.24, 2.45) is 0 Å². The fourth-order valence-electron chi connectivity index (χ4n) is 3.00. The van der Waals surface area contributed by atoms with E-state index >= 15 is 0 Å². The van der Waals surface area contributed by atoms with Gasteiger partial charge in [-0.3, -0.25) is 4.79 Å². The fraction of sp³-hybridized carbons (Fsp3) is 0.529. The smallest absolute Gasteiger partial charge is 0.329 e. The Balaban J connectivity index is 1.86. The Morgan fingerprint density at radius 2 is 1.86 bits per heavy atom. The first-order chi connectivity index (χ1) is 10.0. The molecule has 1 amide bonds. The highest BCUT2D eigenvalue weighted by molar-refractivity contribution is 5.87. The number of carbonyl (C=O) groups is 2. The Labute approximate surface area is 125 Å². The largest absolute Gasteiger partial charge is 0.480 e. The van der Waals surface area contributed by atoms with Gasteiger partial charge in [-0.05, 0) is 30.7 Å². The second kappa shape index (κ2) is 6.74. The third-order valence-electron chi connectivity index (χ3n) is 4.42. The molecule has 1 saturated carbocycles. The molecule has 114 valence electrons. The van der Waals surface area contributed by atoms with Crippen molar-refractivity contribution >= 4 is 11.9 Å². The number of benzene rings is 1. The minimum absolute atomic E-state index is 0.151. The summed E-state index contributed by atoms with van der Waals surface area (Å²) in [5, 5.41) is 12.1. The molecule has 1 aromatic carbocycles. The second-order valence-electron chi connectivity index (χ2n) is 5.99. The molecule has 1 aliphatic carbocycles. The summed E-state index contributed by atoms with van der Waals surface area (Å²) in [6.07, 6.45) is 3.92. The first-order valence-corrected chi connectivity index (χ1v) is 7.63. The first-order valence-electron chi connectivity index (χ1n) is 7.63. The Morgan fingerprint density at radius 3 is 2.43 bits per heavy atom. The van der Waals surface area contributed by atoms with E-state index in [0.29, 0.717) is 25.2 Å². The molecule has 1 atom stereocenters. The summed E-state index contributed by atoms with van der Waals surface area (Å²) >= 11 is 0. The van der Waals surface area contributed by atoms with Crippen LogP contribution in [0.2, 0.25) is 0 Å². The van der Waals surface area contributed by atoms with Crippen LogP contribution in [-0.4, -0.2) is 22.5 Å². The van der Waals surface area contributed by atoms with Crippen molar-refractivity contribution in [2.45, 2.75) is 56.9 Å². The SMILES string of the molecule is CC(CCC(=O)NC1(C(=O)O)CCCC1)c1ccccc1. The quantitative estimate of drug-likeness (QED) is 0.845. The van der Waals surface area contributed by atoms with Crippen LogP contribution in [-0.2, 0) is 9.59 Å². The minimum atomic E-state index is -1.02. The highest BCUT2D eigenvalue weighted by Gasteiger charge is 2.42. The molecule has 0 aliphatic heterocycles. The molecule has 0 radical (unpaired) electrons. The zero-order valence-electron chi connectivity index (χ0n) is 12.5. The first kappa shape index (κ1) is 15.5. The summed E-state index contributed by atoms with van der Waals surface area (Å²) in [6.45, 7) is 2.09. The fourth-order valence-corrected chi connectivity index (χ4v) is 3.00. The van der Waals surface area contributed by atoms with Crippen LogP contribution in [0, 0.1) is 0 Å². The minimum Gasteiger partial charge on any atom is -0.480 e. The van der Waals surface area contributed by atoms with E-state index in [4.69, 9.17) is 0 Å². The molecule has 4 nitrogen and oxygen atoms in total. The van der Waals surface area contributed by atoms with E-state index in [1.807, 2.05) is 18.2 Å². The number of hydrogen-bond acceptors (Lipinski definition) is 2. The molecule has 1 aromatic rings. The topological polar surface area (TPSA) is 66.4 Å². The third kappa shape index (κ3) is 3.84. The van der Waals surface area contributed by atoms with Gasteiger partial charge in [0.15, 0.2) is 0 Å². The van der Waals surface area contributed by atoms with Gasteiger partial charge in [-0.1, -0.05) is 50.1 Å². The Kier molecular flexibility index (Phi) is 4.99. The van der Waals surface area contributed by atoms with Crippen molar-refractivity contribution < 1.29 is 14.7 Å². The number of carboxylic acid groups (broad SMARTS) is 1. The van der Waals surface area contributed by atoms with Crippen LogP contribution in [0.1, 0.15) is 56.9 Å². The van der Waals surface area contributed by atoms with Crippen LogP contribution in [0.4, 0.5) is 0 Å². The van der Waals surface area contributed by atoms with Crippen LogP contribution in [0.25, 0.3) is 0 Å². The number of amides is 1. The highest BCUT2D eigenvalue weighted by Crippen LogP contribution is 2.30. The van der Waals surface area contributed by atoms with Gasteiger partial charge in [-0.25, -0.2) is 4.79 Å². The van der Waals surface area contributed by atoms with Gasteiger partial charge in [0.2, 0.25) is 5.91 Å². The van der Waals surface area contributed by atoms with Crippen LogP contribution in [0.15, 0.2) is 30.3 Å². The monoisotopic (exact) mass is 289 g/mol. The number of carboxylic acids is 1. The van der Waals surface area contributed by atoms with E-state index in [1.54, 1.807) is 0 Å². The molecule has 1 unspecified atom stereocenters. The van der Waals surface area contributed by atoms with E-state index in [-0.39, 0.29) is 5.91 Å². The van der Waals surface area contributed by atoms with E-state index in [0.717, 1.165) is 19.3 Å². The van der Waals surface area contributed by atoms with Gasteiger partial charge in [-0.2, -0.15) is 0 Å². The summed E-state index contributed by atoms with van der Waals surface area (Å²) in [4.78, 5) is 23.5. The molecule has 1 fully saturated rings. The van der Waals surface area contributed by atoms with Gasteiger partial charge in [0.1, 0.15) is 5.54 Å². The standard InChI is InChI=1S/C17H23NO3/c1-13(14-7-3-2-4-8-14)9-10-15(19)18-17(16(20)21)11-5-6-12-17/h2-4,7-8,13H,5-6,9-12H2,1H3,(H,18,19)(H,20,21). The lowest BCUT2D eigenvalue weighted by molar-refractivity contribution is -0.147. The van der Waals surface area contributed by atoms with Crippen LogP contribution in [0.3, 0.4) is 0 Å². The normalized spacial score (nSPS) is 18.1. The average molecular weight is 289 g/mol. The number of carbonyl (C=O) groups excluding carboxylic acids is 1. The van der Waals surface area contributed by atoms with Gasteiger partial charge in [-0.15, -0.1) is 0 Å². The number of hydrogen-bond donors (Lipinski definition) is 2. The summed E-state index contributed by atoms with van der Waals surface area (Å²) in [5.74, 6) is -0.757. The number of rotatable bonds is 6. The van der Waals surface area contributed by atoms with E-state index in [2.05, 4.69) is 24.4 Å². The van der Waals surface area contributed by atoms with Gasteiger partial charge < -0.3 is 10.4 Å². The molecule has 0 saturated heterocycles. The summed E-state index contributed by atoms with van der Waals surface area (Å²) in [7, 11) is 0. The van der Waals surface area contributed by atoms with Crippen LogP contribution < -0.4 is 5.32 Å². The molecule has 2 N–H and O–H groups in total. The maximum Gasteiger partial charge on any atom is 0.329 e. The van der Waals surface area contributed by atoms with E-state index in [9.17, 15) is 14.7 Å². The average Bonchev–Trinajstić information content (AvgIpc) is 2.95. The van der Waals surface area contributed by atoms with E-state index in [1.165, 1.54) is 5.56 Å². The zero-order chi connectivity index (χ0) is 15.3.